The largest absolute Gasteiger partial charge is 0.338 e. The number of imidazole rings is 1. The first-order chi connectivity index (χ1) is 19.4. The van der Waals surface area contributed by atoms with E-state index in [1.807, 2.05) is 54.7 Å². The molecule has 0 saturated heterocycles. The first-order valence-corrected chi connectivity index (χ1v) is 15.3. The van der Waals surface area contributed by atoms with Gasteiger partial charge in [-0.2, -0.15) is 0 Å². The number of benzene rings is 2. The smallest absolute Gasteiger partial charge is 0.230 e. The molecule has 1 heterocycles. The number of carbonyl (C=O) groups excluding carboxylic acids is 2. The van der Waals surface area contributed by atoms with Crippen LogP contribution >= 0.6 is 0 Å². The van der Waals surface area contributed by atoms with Crippen LogP contribution in [0.3, 0.4) is 0 Å². The maximum Gasteiger partial charge on any atom is 0.230 e. The average molecular weight is 537 g/mol. The number of hydrogen-bond acceptors (Lipinski definition) is 3. The van der Waals surface area contributed by atoms with Crippen LogP contribution in [0.2, 0.25) is 0 Å². The van der Waals surface area contributed by atoms with Crippen molar-refractivity contribution in [2.24, 2.45) is 35.0 Å². The van der Waals surface area contributed by atoms with Crippen molar-refractivity contribution in [3.63, 3.8) is 0 Å². The highest BCUT2D eigenvalue weighted by Crippen LogP contribution is 2.60. The van der Waals surface area contributed by atoms with Crippen LogP contribution in [0.15, 0.2) is 54.7 Å². The number of aromatic nitrogens is 2. The predicted molar refractivity (Wildman–Crippen MR) is 158 cm³/mol. The Balaban J connectivity index is 0.973. The fraction of sp³-hybridized carbons (Fsp3) is 0.500. The van der Waals surface area contributed by atoms with Crippen LogP contribution in [0.4, 0.5) is 11.4 Å². The minimum atomic E-state index is -0.140. The lowest BCUT2D eigenvalue weighted by Gasteiger charge is -2.55. The van der Waals surface area contributed by atoms with Gasteiger partial charge in [-0.25, -0.2) is 4.98 Å². The van der Waals surface area contributed by atoms with Gasteiger partial charge >= 0.3 is 0 Å². The van der Waals surface area contributed by atoms with Gasteiger partial charge in [-0.3, -0.25) is 9.59 Å². The Bertz CT molecular complexity index is 1350. The molecule has 0 atom stereocenters. The van der Waals surface area contributed by atoms with Crippen LogP contribution in [0.25, 0.3) is 22.6 Å². The zero-order valence-corrected chi connectivity index (χ0v) is 23.4. The summed E-state index contributed by atoms with van der Waals surface area (Å²) >= 11 is 0. The normalized spacial score (nSPS) is 30.7. The van der Waals surface area contributed by atoms with Crippen molar-refractivity contribution in [3.05, 3.63) is 54.7 Å². The van der Waals surface area contributed by atoms with Gasteiger partial charge in [0.05, 0.1) is 17.3 Å². The molecule has 0 aliphatic heterocycles. The van der Waals surface area contributed by atoms with Crippen LogP contribution in [-0.2, 0) is 9.59 Å². The van der Waals surface area contributed by atoms with E-state index in [9.17, 15) is 9.59 Å². The fourth-order valence-electron chi connectivity index (χ4n) is 8.48. The molecule has 5 aliphatic carbocycles. The van der Waals surface area contributed by atoms with E-state index in [1.165, 1.54) is 19.3 Å². The summed E-state index contributed by atoms with van der Waals surface area (Å²) in [5.74, 6) is 4.29. The van der Waals surface area contributed by atoms with E-state index < -0.39 is 0 Å². The second kappa shape index (κ2) is 10.2. The van der Waals surface area contributed by atoms with Gasteiger partial charge in [0.25, 0.3) is 0 Å². The molecule has 3 aromatic rings. The number of amides is 2. The Morgan fingerprint density at radius 2 is 1.32 bits per heavy atom. The van der Waals surface area contributed by atoms with E-state index in [0.717, 1.165) is 103 Å². The topological polar surface area (TPSA) is 86.9 Å². The maximum absolute atomic E-state index is 13.4. The summed E-state index contributed by atoms with van der Waals surface area (Å²) < 4.78 is 0. The third kappa shape index (κ3) is 4.97. The van der Waals surface area contributed by atoms with E-state index in [1.54, 1.807) is 0 Å². The standard InChI is InChI=1S/C34H40N4O2/c1-21-2-4-27(5-3-21)32(39)36-28-12-8-26(9-13-28)31-35-20-30(38-31)25-6-10-29(11-7-25)37-33(40)34-17-22-14-23(18-34)16-24(15-22)19-34/h6-13,20-24,27H,2-5,14-19H2,1H3,(H,35,38)(H,36,39)(H,37,40). The lowest BCUT2D eigenvalue weighted by molar-refractivity contribution is -0.140. The summed E-state index contributed by atoms with van der Waals surface area (Å²) in [5, 5.41) is 6.35. The summed E-state index contributed by atoms with van der Waals surface area (Å²) in [6, 6.07) is 15.9. The van der Waals surface area contributed by atoms with Crippen molar-refractivity contribution in [2.45, 2.75) is 71.1 Å². The zero-order chi connectivity index (χ0) is 27.3. The van der Waals surface area contributed by atoms with E-state index in [-0.39, 0.29) is 23.1 Å². The number of carbonyl (C=O) groups is 2. The Labute approximate surface area is 236 Å². The molecule has 5 aliphatic rings. The Kier molecular flexibility index (Phi) is 6.52. The molecule has 2 aromatic carbocycles. The molecule has 5 saturated carbocycles. The van der Waals surface area contributed by atoms with Gasteiger partial charge in [0, 0.05) is 22.9 Å². The number of nitrogens with zero attached hydrogens (tertiary/aromatic N) is 1. The van der Waals surface area contributed by atoms with Gasteiger partial charge in [0.1, 0.15) is 5.82 Å². The summed E-state index contributed by atoms with van der Waals surface area (Å²) in [7, 11) is 0. The molecule has 6 heteroatoms. The monoisotopic (exact) mass is 536 g/mol. The van der Waals surface area contributed by atoms with Crippen molar-refractivity contribution in [1.82, 2.24) is 9.97 Å². The second-order valence-electron chi connectivity index (χ2n) is 13.4. The number of H-pyrrole nitrogens is 1. The fourth-order valence-corrected chi connectivity index (χ4v) is 8.48. The summed E-state index contributed by atoms with van der Waals surface area (Å²) in [6.07, 6.45) is 13.3. The molecule has 0 radical (unpaired) electrons. The van der Waals surface area contributed by atoms with Gasteiger partial charge < -0.3 is 15.6 Å². The van der Waals surface area contributed by atoms with Crippen LogP contribution in [0, 0.1) is 35.0 Å². The highest BCUT2D eigenvalue weighted by atomic mass is 16.2. The number of anilines is 2. The van der Waals surface area contributed by atoms with Crippen LogP contribution < -0.4 is 10.6 Å². The zero-order valence-electron chi connectivity index (χ0n) is 23.4. The first kappa shape index (κ1) is 25.6. The Hall–Kier alpha value is -3.41. The van der Waals surface area contributed by atoms with Crippen LogP contribution in [-0.4, -0.2) is 21.8 Å². The van der Waals surface area contributed by atoms with Gasteiger partial charge in [0.15, 0.2) is 0 Å². The number of aromatic amines is 1. The minimum absolute atomic E-state index is 0.125. The summed E-state index contributed by atoms with van der Waals surface area (Å²) in [5.41, 5.74) is 4.47. The third-order valence-corrected chi connectivity index (χ3v) is 10.4. The average Bonchev–Trinajstić information content (AvgIpc) is 3.44. The molecule has 40 heavy (non-hydrogen) atoms. The highest BCUT2D eigenvalue weighted by molar-refractivity contribution is 5.96. The molecule has 6 nitrogen and oxygen atoms in total. The molecular formula is C34H40N4O2. The lowest BCUT2D eigenvalue weighted by Crippen LogP contribution is -2.51. The Morgan fingerprint density at radius 1 is 0.775 bits per heavy atom. The molecule has 208 valence electrons. The van der Waals surface area contributed by atoms with Gasteiger partial charge in [-0.15, -0.1) is 0 Å². The third-order valence-electron chi connectivity index (χ3n) is 10.4. The lowest BCUT2D eigenvalue weighted by atomic mass is 9.49. The first-order valence-electron chi connectivity index (χ1n) is 15.3. The Morgan fingerprint density at radius 3 is 1.93 bits per heavy atom. The number of hydrogen-bond donors (Lipinski definition) is 3. The number of nitrogens with one attached hydrogen (secondary N) is 3. The van der Waals surface area contributed by atoms with Gasteiger partial charge in [-0.1, -0.05) is 19.1 Å². The molecule has 8 rings (SSSR count). The molecule has 0 spiro atoms. The van der Waals surface area contributed by atoms with Crippen molar-refractivity contribution in [2.75, 3.05) is 10.6 Å². The quantitative estimate of drug-likeness (QED) is 0.302. The molecule has 0 unspecified atom stereocenters. The van der Waals surface area contributed by atoms with Crippen molar-refractivity contribution >= 4 is 23.2 Å². The highest BCUT2D eigenvalue weighted by Gasteiger charge is 2.54. The predicted octanol–water partition coefficient (Wildman–Crippen LogP) is 7.66. The minimum Gasteiger partial charge on any atom is -0.338 e. The van der Waals surface area contributed by atoms with Crippen LogP contribution in [0.1, 0.15) is 71.1 Å². The van der Waals surface area contributed by atoms with Crippen molar-refractivity contribution in [3.8, 4) is 22.6 Å². The molecule has 1 aromatic heterocycles. The molecule has 5 fully saturated rings. The van der Waals surface area contributed by atoms with Gasteiger partial charge in [-0.05, 0) is 130 Å². The van der Waals surface area contributed by atoms with Crippen LogP contribution in [0.5, 0.6) is 0 Å². The molecule has 2 amide bonds. The van der Waals surface area contributed by atoms with E-state index >= 15 is 0 Å². The SMILES string of the molecule is CC1CCC(C(=O)Nc2ccc(-c3ncc(-c4ccc(NC(=O)C56CC7CC(CC(C7)C5)C6)cc4)[nH]3)cc2)CC1. The molecule has 3 N–H and O–H groups in total. The van der Waals surface area contributed by atoms with Crippen molar-refractivity contribution in [1.29, 1.82) is 0 Å². The molecule has 4 bridgehead atoms. The van der Waals surface area contributed by atoms with E-state index in [0.29, 0.717) is 0 Å². The number of rotatable bonds is 6. The summed E-state index contributed by atoms with van der Waals surface area (Å²) in [4.78, 5) is 34.1. The van der Waals surface area contributed by atoms with Crippen molar-refractivity contribution < 1.29 is 9.59 Å². The van der Waals surface area contributed by atoms with Gasteiger partial charge in [0.2, 0.25) is 11.8 Å². The second-order valence-corrected chi connectivity index (χ2v) is 13.4. The van der Waals surface area contributed by atoms with E-state index in [4.69, 9.17) is 0 Å². The van der Waals surface area contributed by atoms with E-state index in [2.05, 4.69) is 27.5 Å². The molecular weight excluding hydrogens is 496 g/mol. The summed E-state index contributed by atoms with van der Waals surface area (Å²) in [6.45, 7) is 2.27. The maximum atomic E-state index is 13.4.